The number of nitrogens with zero attached hydrogens (tertiary/aromatic N) is 4. The van der Waals surface area contributed by atoms with Crippen LogP contribution in [0.4, 0.5) is 11.5 Å². The fourth-order valence-electron chi connectivity index (χ4n) is 2.56. The van der Waals surface area contributed by atoms with Gasteiger partial charge in [-0.05, 0) is 42.7 Å². The number of fused-ring (bicyclic) bond motifs is 1. The predicted octanol–water partition coefficient (Wildman–Crippen LogP) is 4.59. The quantitative estimate of drug-likeness (QED) is 0.680. The topological polar surface area (TPSA) is 99.6 Å². The number of rotatable bonds is 4. The van der Waals surface area contributed by atoms with Crippen molar-refractivity contribution in [3.63, 3.8) is 0 Å². The highest BCUT2D eigenvalue weighted by atomic mass is 16.4. The number of aryl methyl sites for hydroxylation is 1. The largest absolute Gasteiger partial charge is 0.507 e. The smallest absolute Gasteiger partial charge is 0.339 e. The zero-order chi connectivity index (χ0) is 18.1. The van der Waals surface area contributed by atoms with Crippen molar-refractivity contribution in [3.8, 4) is 5.75 Å². The Morgan fingerprint density at radius 2 is 2.00 bits per heavy atom. The number of aromatic hydroxyl groups is 1. The van der Waals surface area contributed by atoms with Gasteiger partial charge in [-0.1, -0.05) is 19.9 Å². The maximum absolute atomic E-state index is 11.1. The van der Waals surface area contributed by atoms with Gasteiger partial charge in [-0.15, -0.1) is 10.2 Å². The van der Waals surface area contributed by atoms with E-state index < -0.39 is 5.97 Å². The normalized spacial score (nSPS) is 11.7. The molecule has 128 valence electrons. The Bertz CT molecular complexity index is 989. The van der Waals surface area contributed by atoms with E-state index in [1.54, 1.807) is 0 Å². The molecule has 1 aromatic carbocycles. The molecule has 3 aromatic rings. The van der Waals surface area contributed by atoms with Crippen LogP contribution in [0.15, 0.2) is 46.8 Å². The maximum atomic E-state index is 11.1. The van der Waals surface area contributed by atoms with Crippen molar-refractivity contribution < 1.29 is 15.0 Å². The fraction of sp³-hybridized carbons (Fsp3) is 0.222. The number of carboxylic acids is 1. The van der Waals surface area contributed by atoms with Gasteiger partial charge in [0.15, 0.2) is 5.82 Å². The van der Waals surface area contributed by atoms with Crippen molar-refractivity contribution in [2.24, 2.45) is 10.2 Å². The number of hydrogen-bond acceptors (Lipinski definition) is 5. The van der Waals surface area contributed by atoms with Crippen molar-refractivity contribution in [1.82, 2.24) is 9.38 Å². The van der Waals surface area contributed by atoms with Crippen molar-refractivity contribution >= 4 is 23.1 Å². The lowest BCUT2D eigenvalue weighted by molar-refractivity contribution is 0.0694. The zero-order valence-electron chi connectivity index (χ0n) is 14.1. The van der Waals surface area contributed by atoms with Gasteiger partial charge in [-0.25, -0.2) is 9.78 Å². The first-order valence-corrected chi connectivity index (χ1v) is 7.84. The van der Waals surface area contributed by atoms with Gasteiger partial charge in [0.2, 0.25) is 0 Å². The predicted molar refractivity (Wildman–Crippen MR) is 93.3 cm³/mol. The Kier molecular flexibility index (Phi) is 4.22. The Balaban J connectivity index is 2.10. The maximum Gasteiger partial charge on any atom is 0.339 e. The van der Waals surface area contributed by atoms with Crippen LogP contribution in [0.3, 0.4) is 0 Å². The molecule has 0 unspecified atom stereocenters. The standard InChI is InChI=1S/C18H18N4O3/c1-10(2)15-17(22-8-4-5-11(3)16(22)19-15)21-20-12-6-7-14(23)13(9-12)18(24)25/h4-10,23H,1-3H3,(H,24,25). The number of aromatic carboxylic acids is 1. The van der Waals surface area contributed by atoms with Crippen molar-refractivity contribution in [2.75, 3.05) is 0 Å². The van der Waals surface area contributed by atoms with Crippen LogP contribution in [-0.2, 0) is 0 Å². The first kappa shape index (κ1) is 16.6. The molecule has 0 amide bonds. The summed E-state index contributed by atoms with van der Waals surface area (Å²) in [6.45, 7) is 6.03. The van der Waals surface area contributed by atoms with Gasteiger partial charge in [-0.3, -0.25) is 4.40 Å². The highest BCUT2D eigenvalue weighted by molar-refractivity contribution is 5.91. The summed E-state index contributed by atoms with van der Waals surface area (Å²) < 4.78 is 1.87. The molecule has 0 fully saturated rings. The fourth-order valence-corrected chi connectivity index (χ4v) is 2.56. The van der Waals surface area contributed by atoms with E-state index in [1.165, 1.54) is 18.2 Å². The summed E-state index contributed by atoms with van der Waals surface area (Å²) in [6, 6.07) is 7.97. The SMILES string of the molecule is Cc1cccn2c(N=Nc3ccc(O)c(C(=O)O)c3)c(C(C)C)nc12. The number of benzene rings is 1. The number of azo groups is 1. The van der Waals surface area contributed by atoms with Crippen LogP contribution in [0.2, 0.25) is 0 Å². The molecule has 0 aliphatic heterocycles. The van der Waals surface area contributed by atoms with E-state index in [4.69, 9.17) is 5.11 Å². The first-order chi connectivity index (χ1) is 11.9. The first-order valence-electron chi connectivity index (χ1n) is 7.84. The molecule has 0 radical (unpaired) electrons. The van der Waals surface area contributed by atoms with E-state index >= 15 is 0 Å². The average Bonchev–Trinajstić information content (AvgIpc) is 2.94. The number of phenols is 1. The molecule has 2 aromatic heterocycles. The minimum absolute atomic E-state index is 0.155. The molecule has 0 atom stereocenters. The molecular weight excluding hydrogens is 320 g/mol. The van der Waals surface area contributed by atoms with Crippen LogP contribution in [0.1, 0.15) is 41.4 Å². The van der Waals surface area contributed by atoms with Crippen molar-refractivity contribution in [2.45, 2.75) is 26.7 Å². The van der Waals surface area contributed by atoms with Crippen LogP contribution in [-0.4, -0.2) is 25.6 Å². The van der Waals surface area contributed by atoms with E-state index in [9.17, 15) is 9.90 Å². The minimum Gasteiger partial charge on any atom is -0.507 e. The third-order valence-corrected chi connectivity index (χ3v) is 3.86. The molecule has 0 bridgehead atoms. The Labute approximate surface area is 144 Å². The molecule has 2 heterocycles. The summed E-state index contributed by atoms with van der Waals surface area (Å²) in [4.78, 5) is 15.8. The van der Waals surface area contributed by atoms with Gasteiger partial charge in [0.1, 0.15) is 17.0 Å². The van der Waals surface area contributed by atoms with Gasteiger partial charge in [0.05, 0.1) is 11.4 Å². The lowest BCUT2D eigenvalue weighted by Gasteiger charge is -2.02. The van der Waals surface area contributed by atoms with E-state index in [-0.39, 0.29) is 17.2 Å². The minimum atomic E-state index is -1.22. The highest BCUT2D eigenvalue weighted by Crippen LogP contribution is 2.31. The number of pyridine rings is 1. The lowest BCUT2D eigenvalue weighted by Crippen LogP contribution is -1.95. The van der Waals surface area contributed by atoms with Gasteiger partial charge < -0.3 is 10.2 Å². The Morgan fingerprint density at radius 3 is 2.68 bits per heavy atom. The van der Waals surface area contributed by atoms with Gasteiger partial charge in [0.25, 0.3) is 0 Å². The third kappa shape index (κ3) is 3.08. The van der Waals surface area contributed by atoms with E-state index in [0.717, 1.165) is 16.9 Å². The molecule has 0 aliphatic carbocycles. The van der Waals surface area contributed by atoms with E-state index in [0.29, 0.717) is 11.5 Å². The van der Waals surface area contributed by atoms with Gasteiger partial charge >= 0.3 is 5.97 Å². The molecule has 7 nitrogen and oxygen atoms in total. The lowest BCUT2D eigenvalue weighted by atomic mass is 10.1. The molecule has 0 spiro atoms. The third-order valence-electron chi connectivity index (χ3n) is 3.86. The second-order valence-corrected chi connectivity index (χ2v) is 6.07. The summed E-state index contributed by atoms with van der Waals surface area (Å²) >= 11 is 0. The van der Waals surface area contributed by atoms with Crippen LogP contribution in [0.5, 0.6) is 5.75 Å². The van der Waals surface area contributed by atoms with Crippen LogP contribution in [0, 0.1) is 6.92 Å². The molecule has 0 saturated carbocycles. The molecule has 0 aliphatic rings. The van der Waals surface area contributed by atoms with Crippen molar-refractivity contribution in [1.29, 1.82) is 0 Å². The number of carbonyl (C=O) groups is 1. The molecule has 0 saturated heterocycles. The van der Waals surface area contributed by atoms with Gasteiger partial charge in [-0.2, -0.15) is 0 Å². The molecular formula is C18H18N4O3. The summed E-state index contributed by atoms with van der Waals surface area (Å²) in [5.41, 5.74) is 2.79. The highest BCUT2D eigenvalue weighted by Gasteiger charge is 2.16. The van der Waals surface area contributed by atoms with E-state index in [1.807, 2.05) is 43.5 Å². The second-order valence-electron chi connectivity index (χ2n) is 6.07. The molecule has 2 N–H and O–H groups in total. The molecule has 25 heavy (non-hydrogen) atoms. The number of imidazole rings is 1. The van der Waals surface area contributed by atoms with Crippen LogP contribution in [0.25, 0.3) is 5.65 Å². The van der Waals surface area contributed by atoms with Gasteiger partial charge in [0, 0.05) is 6.20 Å². The average molecular weight is 338 g/mol. The second kappa shape index (κ2) is 6.35. The van der Waals surface area contributed by atoms with Crippen LogP contribution < -0.4 is 0 Å². The summed E-state index contributed by atoms with van der Waals surface area (Å²) in [5.74, 6) is -0.760. The monoisotopic (exact) mass is 338 g/mol. The molecule has 7 heteroatoms. The number of carboxylic acid groups (broad SMARTS) is 1. The summed E-state index contributed by atoms with van der Waals surface area (Å²) in [5, 5.41) is 27.1. The van der Waals surface area contributed by atoms with Crippen LogP contribution >= 0.6 is 0 Å². The number of hydrogen-bond donors (Lipinski definition) is 2. The van der Waals surface area contributed by atoms with Crippen molar-refractivity contribution in [3.05, 3.63) is 53.3 Å². The Hall–Kier alpha value is -3.22. The van der Waals surface area contributed by atoms with E-state index in [2.05, 4.69) is 15.2 Å². The number of aromatic nitrogens is 2. The Morgan fingerprint density at radius 1 is 1.24 bits per heavy atom. The summed E-state index contributed by atoms with van der Waals surface area (Å²) in [7, 11) is 0. The summed E-state index contributed by atoms with van der Waals surface area (Å²) in [6.07, 6.45) is 1.87. The molecule has 3 rings (SSSR count). The zero-order valence-corrected chi connectivity index (χ0v) is 14.1.